The van der Waals surface area contributed by atoms with Crippen LogP contribution in [0.1, 0.15) is 33.1 Å². The molecule has 0 saturated carbocycles. The normalized spacial score (nSPS) is 24.3. The van der Waals surface area contributed by atoms with Crippen LogP contribution in [0.4, 0.5) is 4.79 Å². The molecule has 0 spiro atoms. The maximum atomic E-state index is 12.5. The van der Waals surface area contributed by atoms with Crippen molar-refractivity contribution >= 4 is 24.0 Å². The van der Waals surface area contributed by atoms with Crippen LogP contribution in [0.2, 0.25) is 0 Å². The molecule has 170 valence electrons. The third-order valence-corrected chi connectivity index (χ3v) is 4.97. The molecule has 1 fully saturated rings. The molecule has 0 aromatic rings. The molecule has 0 bridgehead atoms. The highest BCUT2D eigenvalue weighted by Crippen LogP contribution is 2.24. The Balaban J connectivity index is 2.22. The zero-order valence-corrected chi connectivity index (χ0v) is 18.1. The Hall–Kier alpha value is -3.10. The molecule has 2 aliphatic rings. The van der Waals surface area contributed by atoms with Gasteiger partial charge in [0.2, 0.25) is 0 Å². The number of likely N-dealkylation sites (tertiary alicyclic amines) is 1. The smallest absolute Gasteiger partial charge is 0.409 e. The summed E-state index contributed by atoms with van der Waals surface area (Å²) < 4.78 is 21.4. The largest absolute Gasteiger partial charge is 0.461 e. The number of esters is 3. The van der Waals surface area contributed by atoms with Crippen molar-refractivity contribution in [3.63, 3.8) is 0 Å². The van der Waals surface area contributed by atoms with Crippen molar-refractivity contribution in [2.24, 2.45) is 5.41 Å². The predicted octanol–water partition coefficient (Wildman–Crippen LogP) is 2.32. The SMILES string of the molecule is C=C(C)C(=O)OCC1(COC(=O)N2CCCCC2)COC(=O)C(=C)/C=C(/C)C(=O)OC1. The van der Waals surface area contributed by atoms with Crippen LogP contribution in [-0.4, -0.2) is 68.4 Å². The quantitative estimate of drug-likeness (QED) is 0.368. The maximum absolute atomic E-state index is 12.5. The standard InChI is InChI=1S/C22H29NO8/c1-15(2)18(24)28-11-22(14-31-21(27)23-8-6-5-7-9-23)12-29-19(25)16(3)10-17(4)20(26)30-13-22/h10H,1,3,5-9,11-14H2,2,4H3/b17-10-. The van der Waals surface area contributed by atoms with Gasteiger partial charge in [0.15, 0.2) is 0 Å². The fraction of sp³-hybridized carbons (Fsp3) is 0.545. The average molecular weight is 435 g/mol. The Labute approximate surface area is 181 Å². The number of amides is 1. The lowest BCUT2D eigenvalue weighted by atomic mass is 9.92. The molecule has 0 aliphatic carbocycles. The minimum atomic E-state index is -1.29. The molecule has 1 atom stereocenters. The monoisotopic (exact) mass is 435 g/mol. The number of hydrogen-bond acceptors (Lipinski definition) is 8. The highest BCUT2D eigenvalue weighted by Gasteiger charge is 2.39. The summed E-state index contributed by atoms with van der Waals surface area (Å²) in [6, 6.07) is 0. The Morgan fingerprint density at radius 3 is 2.26 bits per heavy atom. The Morgan fingerprint density at radius 2 is 1.65 bits per heavy atom. The summed E-state index contributed by atoms with van der Waals surface area (Å²) in [6.45, 7) is 10.0. The molecule has 9 heteroatoms. The molecule has 0 aromatic heterocycles. The summed E-state index contributed by atoms with van der Waals surface area (Å²) in [4.78, 5) is 50.5. The van der Waals surface area contributed by atoms with Crippen molar-refractivity contribution in [2.45, 2.75) is 33.1 Å². The van der Waals surface area contributed by atoms with E-state index in [0.29, 0.717) is 13.1 Å². The van der Waals surface area contributed by atoms with Gasteiger partial charge < -0.3 is 23.8 Å². The first-order valence-electron chi connectivity index (χ1n) is 10.1. The minimum Gasteiger partial charge on any atom is -0.461 e. The number of cyclic esters (lactones) is 2. The lowest BCUT2D eigenvalue weighted by Crippen LogP contribution is -2.46. The van der Waals surface area contributed by atoms with Crippen molar-refractivity contribution in [1.29, 1.82) is 0 Å². The topological polar surface area (TPSA) is 108 Å². The molecule has 2 aliphatic heterocycles. The number of hydrogen-bond donors (Lipinski definition) is 0. The summed E-state index contributed by atoms with van der Waals surface area (Å²) >= 11 is 0. The summed E-state index contributed by atoms with van der Waals surface area (Å²) in [6.07, 6.45) is 3.57. The lowest BCUT2D eigenvalue weighted by molar-refractivity contribution is -0.161. The molecule has 0 aromatic carbocycles. The van der Waals surface area contributed by atoms with Gasteiger partial charge in [0.05, 0.1) is 5.57 Å². The van der Waals surface area contributed by atoms with E-state index in [1.807, 2.05) is 0 Å². The van der Waals surface area contributed by atoms with Crippen LogP contribution in [0.5, 0.6) is 0 Å². The van der Waals surface area contributed by atoms with Crippen LogP contribution in [0.3, 0.4) is 0 Å². The van der Waals surface area contributed by atoms with Gasteiger partial charge in [-0.25, -0.2) is 19.2 Å². The molecule has 2 rings (SSSR count). The van der Waals surface area contributed by atoms with Crippen LogP contribution in [0.15, 0.2) is 36.0 Å². The predicted molar refractivity (Wildman–Crippen MR) is 110 cm³/mol. The maximum Gasteiger partial charge on any atom is 0.409 e. The first-order chi connectivity index (χ1) is 14.6. The zero-order valence-electron chi connectivity index (χ0n) is 18.1. The number of carbonyl (C=O) groups excluding carboxylic acids is 4. The number of nitrogens with zero attached hydrogens (tertiary/aromatic N) is 1. The average Bonchev–Trinajstić information content (AvgIpc) is 2.76. The first kappa shape index (κ1) is 24.2. The van der Waals surface area contributed by atoms with E-state index in [4.69, 9.17) is 18.9 Å². The highest BCUT2D eigenvalue weighted by molar-refractivity contribution is 5.95. The van der Waals surface area contributed by atoms with Crippen molar-refractivity contribution in [3.8, 4) is 0 Å². The van der Waals surface area contributed by atoms with Gasteiger partial charge in [-0.1, -0.05) is 13.2 Å². The van der Waals surface area contributed by atoms with E-state index in [0.717, 1.165) is 19.3 Å². The Bertz CT molecular complexity index is 793. The van der Waals surface area contributed by atoms with Gasteiger partial charge in [0.25, 0.3) is 0 Å². The van der Waals surface area contributed by atoms with E-state index in [9.17, 15) is 19.2 Å². The fourth-order valence-electron chi connectivity index (χ4n) is 3.00. The molecule has 0 N–H and O–H groups in total. The van der Waals surface area contributed by atoms with E-state index in [1.54, 1.807) is 4.90 Å². The summed E-state index contributed by atoms with van der Waals surface area (Å²) in [7, 11) is 0. The summed E-state index contributed by atoms with van der Waals surface area (Å²) in [5.74, 6) is -2.09. The van der Waals surface area contributed by atoms with Gasteiger partial charge in [-0.05, 0) is 39.2 Å². The Kier molecular flexibility index (Phi) is 8.41. The van der Waals surface area contributed by atoms with Crippen molar-refractivity contribution in [2.75, 3.05) is 39.5 Å². The van der Waals surface area contributed by atoms with Crippen LogP contribution in [0.25, 0.3) is 0 Å². The molecule has 9 nitrogen and oxygen atoms in total. The molecule has 31 heavy (non-hydrogen) atoms. The van der Waals surface area contributed by atoms with E-state index in [-0.39, 0.29) is 43.1 Å². The second kappa shape index (κ2) is 10.8. The highest BCUT2D eigenvalue weighted by atomic mass is 16.6. The van der Waals surface area contributed by atoms with Crippen LogP contribution >= 0.6 is 0 Å². The van der Waals surface area contributed by atoms with Crippen molar-refractivity contribution < 1.29 is 38.1 Å². The molecular formula is C22H29NO8. The minimum absolute atomic E-state index is 0.0329. The molecular weight excluding hydrogens is 406 g/mol. The van der Waals surface area contributed by atoms with Crippen LogP contribution < -0.4 is 0 Å². The van der Waals surface area contributed by atoms with Crippen molar-refractivity contribution in [1.82, 2.24) is 4.90 Å². The summed E-state index contributed by atoms with van der Waals surface area (Å²) in [5, 5.41) is 0. The number of rotatable bonds is 5. The van der Waals surface area contributed by atoms with Gasteiger partial charge in [0.1, 0.15) is 31.8 Å². The van der Waals surface area contributed by atoms with E-state index in [1.165, 1.54) is 19.9 Å². The molecule has 2 heterocycles. The fourth-order valence-corrected chi connectivity index (χ4v) is 3.00. The van der Waals surface area contributed by atoms with Crippen molar-refractivity contribution in [3.05, 3.63) is 36.0 Å². The summed E-state index contributed by atoms with van der Waals surface area (Å²) in [5.41, 5.74) is -1.00. The molecule has 1 saturated heterocycles. The van der Waals surface area contributed by atoms with E-state index in [2.05, 4.69) is 13.2 Å². The zero-order chi connectivity index (χ0) is 23.0. The first-order valence-corrected chi connectivity index (χ1v) is 10.1. The van der Waals surface area contributed by atoms with Gasteiger partial charge in [-0.3, -0.25) is 0 Å². The van der Waals surface area contributed by atoms with E-state index >= 15 is 0 Å². The number of ether oxygens (including phenoxy) is 4. The van der Waals surface area contributed by atoms with Gasteiger partial charge in [-0.2, -0.15) is 0 Å². The van der Waals surface area contributed by atoms with Gasteiger partial charge in [-0.15, -0.1) is 0 Å². The molecule has 1 unspecified atom stereocenters. The number of carbonyl (C=O) groups is 4. The molecule has 0 radical (unpaired) electrons. The number of piperidine rings is 1. The lowest BCUT2D eigenvalue weighted by Gasteiger charge is -2.33. The second-order valence-corrected chi connectivity index (χ2v) is 7.96. The third kappa shape index (κ3) is 6.97. The molecule has 1 amide bonds. The second-order valence-electron chi connectivity index (χ2n) is 7.96. The van der Waals surface area contributed by atoms with Crippen LogP contribution in [0, 0.1) is 5.41 Å². The van der Waals surface area contributed by atoms with Crippen LogP contribution in [-0.2, 0) is 33.3 Å². The Morgan fingerprint density at radius 1 is 1.06 bits per heavy atom. The van der Waals surface area contributed by atoms with Gasteiger partial charge >= 0.3 is 24.0 Å². The van der Waals surface area contributed by atoms with Gasteiger partial charge in [0, 0.05) is 24.2 Å². The third-order valence-electron chi connectivity index (χ3n) is 4.97. The van der Waals surface area contributed by atoms with E-state index < -0.39 is 29.4 Å².